The van der Waals surface area contributed by atoms with Crippen molar-refractivity contribution in [2.24, 2.45) is 0 Å². The maximum absolute atomic E-state index is 6.36. The Morgan fingerprint density at radius 2 is 1.05 bits per heavy atom. The zero-order valence-corrected chi connectivity index (χ0v) is 22.7. The maximum Gasteiger partial charge on any atom is 0.137 e. The summed E-state index contributed by atoms with van der Waals surface area (Å²) < 4.78 is 6.36. The molecule has 0 fully saturated rings. The van der Waals surface area contributed by atoms with E-state index in [1.165, 1.54) is 38.2 Å². The molecule has 41 heavy (non-hydrogen) atoms. The van der Waals surface area contributed by atoms with E-state index in [-0.39, 0.29) is 0 Å². The monoisotopic (exact) mass is 525 g/mol. The lowest BCUT2D eigenvalue weighted by molar-refractivity contribution is 0.669. The largest absolute Gasteiger partial charge is 0.456 e. The van der Waals surface area contributed by atoms with Gasteiger partial charge in [0.15, 0.2) is 0 Å². The second-order valence-corrected chi connectivity index (χ2v) is 10.6. The Morgan fingerprint density at radius 3 is 1.90 bits per heavy atom. The predicted octanol–water partition coefficient (Wildman–Crippen LogP) is 11.3. The lowest BCUT2D eigenvalue weighted by Gasteiger charge is -2.30. The van der Waals surface area contributed by atoms with E-state index in [0.29, 0.717) is 0 Å². The van der Waals surface area contributed by atoms with E-state index in [4.69, 9.17) is 4.42 Å². The van der Waals surface area contributed by atoms with Crippen LogP contribution in [0.25, 0.3) is 54.6 Å². The third-order valence-electron chi connectivity index (χ3n) is 8.18. The summed E-state index contributed by atoms with van der Waals surface area (Å²) >= 11 is 0. The third kappa shape index (κ3) is 3.72. The van der Waals surface area contributed by atoms with Gasteiger partial charge < -0.3 is 9.32 Å². The first-order valence-electron chi connectivity index (χ1n) is 14.0. The zero-order valence-electron chi connectivity index (χ0n) is 22.7. The molecule has 0 saturated heterocycles. The molecular formula is C39H27NO. The van der Waals surface area contributed by atoms with Gasteiger partial charge in [0.1, 0.15) is 11.2 Å². The van der Waals surface area contributed by atoms with Crippen LogP contribution in [0.4, 0.5) is 17.1 Å². The fourth-order valence-electron chi connectivity index (χ4n) is 6.32. The van der Waals surface area contributed by atoms with Crippen molar-refractivity contribution in [3.05, 3.63) is 151 Å². The van der Waals surface area contributed by atoms with Gasteiger partial charge in [0.05, 0.1) is 16.8 Å². The van der Waals surface area contributed by atoms with E-state index in [1.807, 2.05) is 6.07 Å². The van der Waals surface area contributed by atoms with Gasteiger partial charge in [-0.25, -0.2) is 0 Å². The molecule has 0 aliphatic heterocycles. The number of hydrogen-bond donors (Lipinski definition) is 0. The van der Waals surface area contributed by atoms with Crippen molar-refractivity contribution in [1.29, 1.82) is 0 Å². The van der Waals surface area contributed by atoms with Crippen LogP contribution in [0.15, 0.2) is 150 Å². The SMILES string of the molecule is Cc1ccccc1N(c1ccc2ccccc2c1-c1cccc2ccccc12)c1cccc2oc3ccccc3c12. The van der Waals surface area contributed by atoms with Gasteiger partial charge in [0.2, 0.25) is 0 Å². The molecule has 8 rings (SSSR count). The first-order chi connectivity index (χ1) is 20.3. The van der Waals surface area contributed by atoms with E-state index >= 15 is 0 Å². The summed E-state index contributed by atoms with van der Waals surface area (Å²) in [5.41, 5.74) is 8.79. The number of para-hydroxylation sites is 2. The standard InChI is InChI=1S/C39H27NO/c1-26-12-2-8-20-33(26)40(34-21-11-23-37-39(34)32-18-7-9-22-36(32)41-37)35-25-24-28-14-4-6-17-30(28)38(35)31-19-10-15-27-13-3-5-16-29(27)31/h2-25H,1H3. The van der Waals surface area contributed by atoms with Crippen LogP contribution in [-0.2, 0) is 0 Å². The fraction of sp³-hybridized carbons (Fsp3) is 0.0256. The Bertz CT molecular complexity index is 2230. The van der Waals surface area contributed by atoms with Crippen LogP contribution in [0, 0.1) is 6.92 Å². The van der Waals surface area contributed by atoms with Gasteiger partial charge in [0, 0.05) is 16.6 Å². The molecule has 0 unspecified atom stereocenters. The number of fused-ring (bicyclic) bond motifs is 5. The smallest absolute Gasteiger partial charge is 0.137 e. The molecule has 0 saturated carbocycles. The minimum atomic E-state index is 0.884. The van der Waals surface area contributed by atoms with Crippen LogP contribution in [0.1, 0.15) is 5.56 Å². The summed E-state index contributed by atoms with van der Waals surface area (Å²) in [7, 11) is 0. The average molecular weight is 526 g/mol. The van der Waals surface area contributed by atoms with E-state index in [2.05, 4.69) is 151 Å². The van der Waals surface area contributed by atoms with Gasteiger partial charge in [-0.2, -0.15) is 0 Å². The average Bonchev–Trinajstić information content (AvgIpc) is 3.41. The molecule has 1 aromatic heterocycles. The molecule has 2 heteroatoms. The normalized spacial score (nSPS) is 11.5. The highest BCUT2D eigenvalue weighted by molar-refractivity contribution is 6.16. The number of aryl methyl sites for hydroxylation is 1. The van der Waals surface area contributed by atoms with Crippen LogP contribution < -0.4 is 4.90 Å². The number of anilines is 3. The summed E-state index contributed by atoms with van der Waals surface area (Å²) in [6, 6.07) is 51.9. The molecule has 194 valence electrons. The van der Waals surface area contributed by atoms with Crippen molar-refractivity contribution in [3.63, 3.8) is 0 Å². The van der Waals surface area contributed by atoms with Crippen LogP contribution in [0.2, 0.25) is 0 Å². The lowest BCUT2D eigenvalue weighted by atomic mass is 9.91. The summed E-state index contributed by atoms with van der Waals surface area (Å²) in [4.78, 5) is 2.43. The van der Waals surface area contributed by atoms with Crippen molar-refractivity contribution in [1.82, 2.24) is 0 Å². The Kier molecular flexibility index (Phi) is 5.39. The van der Waals surface area contributed by atoms with Gasteiger partial charge in [-0.05, 0) is 69.9 Å². The molecule has 0 atom stereocenters. The maximum atomic E-state index is 6.36. The molecule has 0 radical (unpaired) electrons. The third-order valence-corrected chi connectivity index (χ3v) is 8.18. The summed E-state index contributed by atoms with van der Waals surface area (Å²) in [6.07, 6.45) is 0. The van der Waals surface area contributed by atoms with Crippen molar-refractivity contribution < 1.29 is 4.42 Å². The van der Waals surface area contributed by atoms with Crippen LogP contribution >= 0.6 is 0 Å². The zero-order chi connectivity index (χ0) is 27.3. The molecule has 2 nitrogen and oxygen atoms in total. The minimum Gasteiger partial charge on any atom is -0.456 e. The molecule has 0 spiro atoms. The van der Waals surface area contributed by atoms with Crippen molar-refractivity contribution in [3.8, 4) is 11.1 Å². The summed E-state index contributed by atoms with van der Waals surface area (Å²) in [5.74, 6) is 0. The Labute approximate surface area is 238 Å². The van der Waals surface area contributed by atoms with Crippen LogP contribution in [0.3, 0.4) is 0 Å². The molecule has 7 aromatic carbocycles. The highest BCUT2D eigenvalue weighted by Gasteiger charge is 2.24. The molecule has 8 aromatic rings. The van der Waals surface area contributed by atoms with Crippen molar-refractivity contribution in [2.45, 2.75) is 6.92 Å². The van der Waals surface area contributed by atoms with Gasteiger partial charge in [-0.1, -0.05) is 115 Å². The molecule has 1 heterocycles. The van der Waals surface area contributed by atoms with E-state index in [1.54, 1.807) is 0 Å². The quantitative estimate of drug-likeness (QED) is 0.227. The number of nitrogens with zero attached hydrogens (tertiary/aromatic N) is 1. The lowest BCUT2D eigenvalue weighted by Crippen LogP contribution is -2.13. The Balaban J connectivity index is 1.54. The van der Waals surface area contributed by atoms with Gasteiger partial charge in [-0.3, -0.25) is 0 Å². The first-order valence-corrected chi connectivity index (χ1v) is 14.0. The van der Waals surface area contributed by atoms with E-state index in [0.717, 1.165) is 39.0 Å². The van der Waals surface area contributed by atoms with Gasteiger partial charge >= 0.3 is 0 Å². The van der Waals surface area contributed by atoms with E-state index < -0.39 is 0 Å². The second-order valence-electron chi connectivity index (χ2n) is 10.6. The topological polar surface area (TPSA) is 16.4 Å². The number of rotatable bonds is 4. The van der Waals surface area contributed by atoms with E-state index in [9.17, 15) is 0 Å². The van der Waals surface area contributed by atoms with Crippen LogP contribution in [-0.4, -0.2) is 0 Å². The van der Waals surface area contributed by atoms with Crippen molar-refractivity contribution >= 4 is 60.5 Å². The molecule has 0 aliphatic rings. The Morgan fingerprint density at radius 1 is 0.439 bits per heavy atom. The highest BCUT2D eigenvalue weighted by atomic mass is 16.3. The number of hydrogen-bond acceptors (Lipinski definition) is 2. The first kappa shape index (κ1) is 23.5. The number of furan rings is 1. The molecular weight excluding hydrogens is 498 g/mol. The molecule has 0 amide bonds. The summed E-state index contributed by atoms with van der Waals surface area (Å²) in [6.45, 7) is 2.19. The molecule has 0 aliphatic carbocycles. The fourth-order valence-corrected chi connectivity index (χ4v) is 6.32. The molecule has 0 bridgehead atoms. The van der Waals surface area contributed by atoms with Gasteiger partial charge in [0.25, 0.3) is 0 Å². The van der Waals surface area contributed by atoms with Crippen molar-refractivity contribution in [2.75, 3.05) is 4.90 Å². The number of benzene rings is 7. The summed E-state index contributed by atoms with van der Waals surface area (Å²) in [5, 5.41) is 7.14. The minimum absolute atomic E-state index is 0.884. The van der Waals surface area contributed by atoms with Crippen LogP contribution in [0.5, 0.6) is 0 Å². The Hall–Kier alpha value is -5.34. The highest BCUT2D eigenvalue weighted by Crippen LogP contribution is 2.49. The molecule has 0 N–H and O–H groups in total. The van der Waals surface area contributed by atoms with Gasteiger partial charge in [-0.15, -0.1) is 0 Å². The predicted molar refractivity (Wildman–Crippen MR) is 174 cm³/mol. The second kappa shape index (κ2) is 9.39.